The SMILES string of the molecule is Nc1nc2sc(CNC3CCN(C(=O)C(O)(Cn4cncn4)c4ccc(F)cc4F)CC3)cc2n(-c2ccc3c(c2)N(c2ccccc2)CCO3)c1=O. The highest BCUT2D eigenvalue weighted by molar-refractivity contribution is 7.18. The largest absolute Gasteiger partial charge is 0.490 e. The first-order valence-corrected chi connectivity index (χ1v) is 17.9. The molecule has 0 spiro atoms. The van der Waals surface area contributed by atoms with Gasteiger partial charge in [-0.2, -0.15) is 5.10 Å². The number of carbonyl (C=O) groups is 1. The van der Waals surface area contributed by atoms with Gasteiger partial charge in [-0.25, -0.2) is 23.4 Å². The second-order valence-corrected chi connectivity index (χ2v) is 14.2. The van der Waals surface area contributed by atoms with Gasteiger partial charge in [0.05, 0.1) is 30.0 Å². The number of amides is 1. The molecule has 1 saturated heterocycles. The van der Waals surface area contributed by atoms with Crippen molar-refractivity contribution in [2.75, 3.05) is 36.9 Å². The number of likely N-dealkylation sites (tertiary alicyclic amines) is 1. The fraction of sp³-hybridized carbons (Fsp3) is 0.270. The van der Waals surface area contributed by atoms with Gasteiger partial charge in [0.15, 0.2) is 11.4 Å². The highest BCUT2D eigenvalue weighted by Gasteiger charge is 2.44. The summed E-state index contributed by atoms with van der Waals surface area (Å²) in [5.74, 6) is -1.94. The highest BCUT2D eigenvalue weighted by atomic mass is 32.1. The molecule has 0 bridgehead atoms. The summed E-state index contributed by atoms with van der Waals surface area (Å²) in [4.78, 5) is 40.8. The molecule has 3 aromatic heterocycles. The average molecular weight is 740 g/mol. The summed E-state index contributed by atoms with van der Waals surface area (Å²) in [6, 6.07) is 20.3. The lowest BCUT2D eigenvalue weighted by atomic mass is 9.90. The van der Waals surface area contributed by atoms with Crippen molar-refractivity contribution >= 4 is 44.8 Å². The molecule has 0 radical (unpaired) electrons. The van der Waals surface area contributed by atoms with Crippen molar-refractivity contribution < 1.29 is 23.4 Å². The Labute approximate surface area is 305 Å². The number of aromatic nitrogens is 5. The maximum absolute atomic E-state index is 15.0. The standard InChI is InChI=1S/C37H35F2N9O4S/c38-23-6-8-28(29(39)16-23)37(51,20-46-22-41-21-43-46)36(50)45-12-10-24(11-13-45)42-19-27-18-31-34(53-27)44-33(40)35(49)48(31)26-7-9-32-30(17-26)47(14-15-52-32)25-4-2-1-3-5-25/h1-9,16-18,21-22,24,42,51H,10-15,19-20H2,(H2,40,44). The van der Waals surface area contributed by atoms with Gasteiger partial charge in [0.2, 0.25) is 0 Å². The summed E-state index contributed by atoms with van der Waals surface area (Å²) in [6.45, 7) is 1.86. The predicted octanol–water partition coefficient (Wildman–Crippen LogP) is 4.10. The summed E-state index contributed by atoms with van der Waals surface area (Å²) < 4.78 is 37.5. The molecule has 0 saturated carbocycles. The molecule has 1 amide bonds. The normalized spacial score (nSPS) is 16.0. The van der Waals surface area contributed by atoms with Crippen LogP contribution >= 0.6 is 11.3 Å². The molecule has 13 nitrogen and oxygen atoms in total. The monoisotopic (exact) mass is 739 g/mol. The lowest BCUT2D eigenvalue weighted by Crippen LogP contribution is -2.53. The topological polar surface area (TPSA) is 157 Å². The zero-order chi connectivity index (χ0) is 36.7. The van der Waals surface area contributed by atoms with Crippen molar-refractivity contribution in [2.45, 2.75) is 37.6 Å². The van der Waals surface area contributed by atoms with Crippen LogP contribution in [0.1, 0.15) is 23.3 Å². The molecular weight excluding hydrogens is 705 g/mol. The number of anilines is 3. The van der Waals surface area contributed by atoms with Crippen LogP contribution < -0.4 is 26.2 Å². The first kappa shape index (κ1) is 34.4. The molecule has 16 heteroatoms. The summed E-state index contributed by atoms with van der Waals surface area (Å²) in [5.41, 5.74) is 6.20. The number of aliphatic hydroxyl groups is 1. The summed E-state index contributed by atoms with van der Waals surface area (Å²) >= 11 is 1.43. The molecule has 6 aromatic rings. The molecule has 272 valence electrons. The third-order valence-corrected chi connectivity index (χ3v) is 10.7. The fourth-order valence-corrected chi connectivity index (χ4v) is 8.01. The first-order valence-electron chi connectivity index (χ1n) is 17.1. The van der Waals surface area contributed by atoms with E-state index in [1.54, 1.807) is 4.57 Å². The van der Waals surface area contributed by atoms with Gasteiger partial charge in [-0.3, -0.25) is 14.2 Å². The molecular formula is C37H35F2N9O4S. The number of halogens is 2. The lowest BCUT2D eigenvalue weighted by molar-refractivity contribution is -0.156. The Morgan fingerprint density at radius 3 is 2.60 bits per heavy atom. The minimum Gasteiger partial charge on any atom is -0.490 e. The number of nitrogens with one attached hydrogen (secondary N) is 1. The number of thiophene rings is 1. The minimum absolute atomic E-state index is 0.0278. The molecule has 53 heavy (non-hydrogen) atoms. The Morgan fingerprint density at radius 2 is 1.85 bits per heavy atom. The first-order chi connectivity index (χ1) is 25.7. The molecule has 2 aliphatic heterocycles. The number of nitrogens with two attached hydrogens (primary N) is 1. The molecule has 1 unspecified atom stereocenters. The number of para-hydroxylation sites is 1. The van der Waals surface area contributed by atoms with Gasteiger partial charge < -0.3 is 30.7 Å². The molecule has 1 atom stereocenters. The van der Waals surface area contributed by atoms with Gasteiger partial charge in [0.1, 0.15) is 41.5 Å². The van der Waals surface area contributed by atoms with Crippen molar-refractivity contribution in [3.05, 3.63) is 118 Å². The number of nitrogen functional groups attached to an aromatic ring is 1. The summed E-state index contributed by atoms with van der Waals surface area (Å²) in [7, 11) is 0. The van der Waals surface area contributed by atoms with Crippen LogP contribution in [0.15, 0.2) is 90.2 Å². The summed E-state index contributed by atoms with van der Waals surface area (Å²) in [5, 5.41) is 19.2. The minimum atomic E-state index is -2.33. The lowest BCUT2D eigenvalue weighted by Gasteiger charge is -2.38. The quantitative estimate of drug-likeness (QED) is 0.197. The van der Waals surface area contributed by atoms with E-state index >= 15 is 0 Å². The van der Waals surface area contributed by atoms with Crippen molar-refractivity contribution in [3.8, 4) is 11.4 Å². The molecule has 2 aliphatic rings. The van der Waals surface area contributed by atoms with E-state index < -0.39 is 35.2 Å². The number of carbonyl (C=O) groups excluding carboxylic acids is 1. The van der Waals surface area contributed by atoms with E-state index in [2.05, 4.69) is 25.3 Å². The Balaban J connectivity index is 0.984. The third-order valence-electron chi connectivity index (χ3n) is 9.70. The van der Waals surface area contributed by atoms with E-state index in [1.165, 1.54) is 33.6 Å². The van der Waals surface area contributed by atoms with Crippen LogP contribution in [-0.2, 0) is 23.5 Å². The fourth-order valence-electron chi connectivity index (χ4n) is 7.04. The Morgan fingerprint density at radius 1 is 1.04 bits per heavy atom. The van der Waals surface area contributed by atoms with Crippen LogP contribution in [0.3, 0.4) is 0 Å². The van der Waals surface area contributed by atoms with E-state index in [-0.39, 0.29) is 17.4 Å². The van der Waals surface area contributed by atoms with Crippen molar-refractivity contribution in [2.24, 2.45) is 0 Å². The number of ether oxygens (including phenoxy) is 1. The molecule has 5 heterocycles. The Bertz CT molecular complexity index is 2350. The van der Waals surface area contributed by atoms with E-state index in [0.717, 1.165) is 34.1 Å². The van der Waals surface area contributed by atoms with Gasteiger partial charge in [0.25, 0.3) is 11.5 Å². The molecule has 8 rings (SSSR count). The van der Waals surface area contributed by atoms with E-state index in [9.17, 15) is 23.5 Å². The van der Waals surface area contributed by atoms with Gasteiger partial charge in [-0.05, 0) is 61.4 Å². The van der Waals surface area contributed by atoms with Crippen LogP contribution in [0, 0.1) is 11.6 Å². The van der Waals surface area contributed by atoms with Gasteiger partial charge >= 0.3 is 0 Å². The number of hydrogen-bond donors (Lipinski definition) is 3. The zero-order valence-corrected chi connectivity index (χ0v) is 29.2. The number of fused-ring (bicyclic) bond motifs is 2. The smallest absolute Gasteiger partial charge is 0.298 e. The number of benzene rings is 3. The van der Waals surface area contributed by atoms with Crippen LogP contribution in [0.5, 0.6) is 5.75 Å². The Kier molecular flexibility index (Phi) is 9.10. The second kappa shape index (κ2) is 14.0. The van der Waals surface area contributed by atoms with Crippen LogP contribution in [-0.4, -0.2) is 72.5 Å². The van der Waals surface area contributed by atoms with Crippen molar-refractivity contribution in [1.29, 1.82) is 0 Å². The summed E-state index contributed by atoms with van der Waals surface area (Å²) in [6.07, 6.45) is 3.68. The molecule has 0 aliphatic carbocycles. The molecule has 4 N–H and O–H groups in total. The third kappa shape index (κ3) is 6.60. The van der Waals surface area contributed by atoms with Gasteiger partial charge in [-0.15, -0.1) is 11.3 Å². The highest BCUT2D eigenvalue weighted by Crippen LogP contribution is 2.39. The second-order valence-electron chi connectivity index (χ2n) is 13.1. The number of rotatable bonds is 9. The number of hydrogen-bond acceptors (Lipinski definition) is 11. The van der Waals surface area contributed by atoms with Crippen molar-refractivity contribution in [1.82, 2.24) is 34.5 Å². The van der Waals surface area contributed by atoms with Crippen LogP contribution in [0.4, 0.5) is 26.0 Å². The van der Waals surface area contributed by atoms with Crippen molar-refractivity contribution in [3.63, 3.8) is 0 Å². The zero-order valence-electron chi connectivity index (χ0n) is 28.4. The van der Waals surface area contributed by atoms with E-state index in [0.29, 0.717) is 67.7 Å². The van der Waals surface area contributed by atoms with Gasteiger partial charge in [0, 0.05) is 47.9 Å². The number of piperidine rings is 1. The van der Waals surface area contributed by atoms with Gasteiger partial charge in [-0.1, -0.05) is 18.2 Å². The van der Waals surface area contributed by atoms with E-state index in [4.69, 9.17) is 10.5 Å². The maximum Gasteiger partial charge on any atom is 0.298 e. The average Bonchev–Trinajstić information content (AvgIpc) is 3.83. The van der Waals surface area contributed by atoms with Crippen LogP contribution in [0.25, 0.3) is 16.0 Å². The maximum atomic E-state index is 15.0. The molecule has 1 fully saturated rings. The van der Waals surface area contributed by atoms with Crippen LogP contribution in [0.2, 0.25) is 0 Å². The Hall–Kier alpha value is -5.71. The predicted molar refractivity (Wildman–Crippen MR) is 195 cm³/mol. The van der Waals surface area contributed by atoms with E-state index in [1.807, 2.05) is 54.6 Å². The molecule has 3 aromatic carbocycles. The number of nitrogens with zero attached hydrogens (tertiary/aromatic N) is 7.